The Labute approximate surface area is 190 Å². The van der Waals surface area contributed by atoms with E-state index in [1.807, 2.05) is 105 Å². The third-order valence-electron chi connectivity index (χ3n) is 5.97. The summed E-state index contributed by atoms with van der Waals surface area (Å²) in [5.41, 5.74) is 4.61. The van der Waals surface area contributed by atoms with Gasteiger partial charge < -0.3 is 0 Å². The Kier molecular flexibility index (Phi) is 5.18. The molecule has 0 spiro atoms. The highest BCUT2D eigenvalue weighted by Gasteiger charge is 2.30. The third kappa shape index (κ3) is 3.55. The number of hydrogen-bond acceptors (Lipinski definition) is 2. The number of aryl methyl sites for hydroxylation is 2. The quantitative estimate of drug-likeness (QED) is 0.427. The molecule has 0 amide bonds. The van der Waals surface area contributed by atoms with Crippen LogP contribution in [0.1, 0.15) is 34.0 Å². The molecule has 2 N–H and O–H groups in total. The molecule has 6 heteroatoms. The largest absolute Gasteiger partial charge is 0.295 e. The van der Waals surface area contributed by atoms with Gasteiger partial charge in [-0.1, -0.05) is 66.7 Å². The molecule has 0 bridgehead atoms. The first-order valence-corrected chi connectivity index (χ1v) is 10.8. The molecule has 3 aromatic carbocycles. The second-order valence-corrected chi connectivity index (χ2v) is 8.10. The van der Waals surface area contributed by atoms with E-state index in [0.717, 1.165) is 28.3 Å². The standard InChI is InChI=1S/C27H24N4O2/c1-18-23(26(32)30(28-18)21-14-8-4-9-15-21)25(20-12-6-3-7-13-20)24-19(2)29-31(27(24)33)22-16-10-5-11-17-22/h3-17,25,28-29H,1-2H3. The molecule has 0 aliphatic heterocycles. The number of nitrogens with one attached hydrogen (secondary N) is 2. The van der Waals surface area contributed by atoms with E-state index in [1.54, 1.807) is 9.36 Å². The monoisotopic (exact) mass is 436 g/mol. The summed E-state index contributed by atoms with van der Waals surface area (Å²) < 4.78 is 3.08. The lowest BCUT2D eigenvalue weighted by Gasteiger charge is -2.15. The van der Waals surface area contributed by atoms with Crippen LogP contribution in [-0.2, 0) is 0 Å². The van der Waals surface area contributed by atoms with Crippen LogP contribution in [0.4, 0.5) is 0 Å². The van der Waals surface area contributed by atoms with E-state index in [-0.39, 0.29) is 11.1 Å². The molecule has 5 rings (SSSR count). The predicted octanol–water partition coefficient (Wildman–Crippen LogP) is 4.44. The van der Waals surface area contributed by atoms with Crippen LogP contribution in [0, 0.1) is 13.8 Å². The molecule has 33 heavy (non-hydrogen) atoms. The Balaban J connectivity index is 1.76. The van der Waals surface area contributed by atoms with Crippen molar-refractivity contribution in [2.45, 2.75) is 19.8 Å². The van der Waals surface area contributed by atoms with Crippen molar-refractivity contribution in [2.24, 2.45) is 0 Å². The van der Waals surface area contributed by atoms with Gasteiger partial charge in [-0.25, -0.2) is 9.36 Å². The van der Waals surface area contributed by atoms with Gasteiger partial charge in [-0.15, -0.1) is 0 Å². The van der Waals surface area contributed by atoms with Crippen LogP contribution in [0.25, 0.3) is 11.4 Å². The molecule has 5 aromatic rings. The fourth-order valence-electron chi connectivity index (χ4n) is 4.44. The van der Waals surface area contributed by atoms with Crippen molar-refractivity contribution in [1.29, 1.82) is 0 Å². The minimum atomic E-state index is -0.520. The SMILES string of the molecule is Cc1[nH]n(-c2ccccc2)c(=O)c1C(c1ccccc1)c1c(C)[nH]n(-c2ccccc2)c1=O. The zero-order valence-electron chi connectivity index (χ0n) is 18.4. The molecular formula is C27H24N4O2. The van der Waals surface area contributed by atoms with Gasteiger partial charge in [-0.05, 0) is 43.7 Å². The number of hydrogen-bond donors (Lipinski definition) is 2. The summed E-state index contributed by atoms with van der Waals surface area (Å²) in [6.07, 6.45) is 0. The molecule has 2 aromatic heterocycles. The van der Waals surface area contributed by atoms with E-state index in [2.05, 4.69) is 10.2 Å². The Morgan fingerprint density at radius 1 is 0.576 bits per heavy atom. The molecule has 0 saturated carbocycles. The fraction of sp³-hybridized carbons (Fsp3) is 0.111. The number of rotatable bonds is 5. The number of nitrogens with zero attached hydrogens (tertiary/aromatic N) is 2. The van der Waals surface area contributed by atoms with E-state index in [0.29, 0.717) is 11.1 Å². The number of aromatic nitrogens is 4. The topological polar surface area (TPSA) is 75.6 Å². The van der Waals surface area contributed by atoms with E-state index in [9.17, 15) is 9.59 Å². The maximum Gasteiger partial charge on any atom is 0.275 e. The van der Waals surface area contributed by atoms with Gasteiger partial charge in [0.05, 0.1) is 22.5 Å². The molecule has 0 atom stereocenters. The first-order chi connectivity index (χ1) is 16.1. The van der Waals surface area contributed by atoms with Gasteiger partial charge in [0.25, 0.3) is 11.1 Å². The van der Waals surface area contributed by atoms with Crippen LogP contribution in [0.3, 0.4) is 0 Å². The van der Waals surface area contributed by atoms with E-state index < -0.39 is 5.92 Å². The van der Waals surface area contributed by atoms with E-state index in [4.69, 9.17) is 0 Å². The second-order valence-electron chi connectivity index (χ2n) is 8.10. The van der Waals surface area contributed by atoms with Crippen molar-refractivity contribution in [2.75, 3.05) is 0 Å². The number of benzene rings is 3. The minimum Gasteiger partial charge on any atom is -0.295 e. The van der Waals surface area contributed by atoms with Crippen molar-refractivity contribution in [3.63, 3.8) is 0 Å². The zero-order chi connectivity index (χ0) is 22.9. The molecule has 0 aliphatic rings. The number of H-pyrrole nitrogens is 2. The smallest absolute Gasteiger partial charge is 0.275 e. The van der Waals surface area contributed by atoms with Gasteiger partial charge in [0, 0.05) is 17.3 Å². The Bertz CT molecular complexity index is 1410. The van der Waals surface area contributed by atoms with E-state index in [1.165, 1.54) is 0 Å². The molecule has 0 unspecified atom stereocenters. The van der Waals surface area contributed by atoms with Crippen molar-refractivity contribution in [3.05, 3.63) is 140 Å². The first kappa shape index (κ1) is 20.6. The zero-order valence-corrected chi connectivity index (χ0v) is 18.4. The van der Waals surface area contributed by atoms with Gasteiger partial charge in [0.1, 0.15) is 0 Å². The van der Waals surface area contributed by atoms with Gasteiger partial charge in [-0.2, -0.15) is 0 Å². The second kappa shape index (κ2) is 8.31. The van der Waals surface area contributed by atoms with E-state index >= 15 is 0 Å². The Morgan fingerprint density at radius 3 is 1.33 bits per heavy atom. The third-order valence-corrected chi connectivity index (χ3v) is 5.97. The minimum absolute atomic E-state index is 0.168. The Hall–Kier alpha value is -4.32. The number of para-hydroxylation sites is 2. The lowest BCUT2D eigenvalue weighted by atomic mass is 9.85. The highest BCUT2D eigenvalue weighted by Crippen LogP contribution is 2.32. The van der Waals surface area contributed by atoms with Gasteiger partial charge in [0.2, 0.25) is 0 Å². The molecule has 164 valence electrons. The predicted molar refractivity (Wildman–Crippen MR) is 130 cm³/mol. The first-order valence-electron chi connectivity index (χ1n) is 10.8. The summed E-state index contributed by atoms with van der Waals surface area (Å²) in [5, 5.41) is 6.42. The lowest BCUT2D eigenvalue weighted by Crippen LogP contribution is -2.25. The Morgan fingerprint density at radius 2 is 0.939 bits per heavy atom. The van der Waals surface area contributed by atoms with Crippen LogP contribution in [0.15, 0.2) is 101 Å². The molecule has 0 saturated heterocycles. The summed E-state index contributed by atoms with van der Waals surface area (Å²) in [7, 11) is 0. The van der Waals surface area contributed by atoms with Crippen molar-refractivity contribution in [3.8, 4) is 11.4 Å². The molecule has 6 nitrogen and oxygen atoms in total. The number of aromatic amines is 2. The summed E-state index contributed by atoms with van der Waals surface area (Å²) >= 11 is 0. The van der Waals surface area contributed by atoms with Crippen molar-refractivity contribution >= 4 is 0 Å². The average Bonchev–Trinajstić information content (AvgIpc) is 3.31. The van der Waals surface area contributed by atoms with Crippen LogP contribution in [0.5, 0.6) is 0 Å². The fourth-order valence-corrected chi connectivity index (χ4v) is 4.44. The summed E-state index contributed by atoms with van der Waals surface area (Å²) in [6.45, 7) is 3.76. The van der Waals surface area contributed by atoms with Crippen LogP contribution < -0.4 is 11.1 Å². The van der Waals surface area contributed by atoms with Crippen LogP contribution >= 0.6 is 0 Å². The van der Waals surface area contributed by atoms with Gasteiger partial charge in [-0.3, -0.25) is 19.8 Å². The summed E-state index contributed by atoms with van der Waals surface area (Å²) in [5.74, 6) is -0.520. The highest BCUT2D eigenvalue weighted by atomic mass is 16.1. The highest BCUT2D eigenvalue weighted by molar-refractivity contribution is 5.47. The molecule has 0 fully saturated rings. The molecule has 2 heterocycles. The maximum absolute atomic E-state index is 13.7. The lowest BCUT2D eigenvalue weighted by molar-refractivity contribution is 0.830. The normalized spacial score (nSPS) is 11.2. The molecule has 0 aliphatic carbocycles. The van der Waals surface area contributed by atoms with Crippen LogP contribution in [0.2, 0.25) is 0 Å². The van der Waals surface area contributed by atoms with Crippen LogP contribution in [-0.4, -0.2) is 19.6 Å². The molecular weight excluding hydrogens is 412 g/mol. The maximum atomic E-state index is 13.7. The summed E-state index contributed by atoms with van der Waals surface area (Å²) in [4.78, 5) is 27.4. The summed E-state index contributed by atoms with van der Waals surface area (Å²) in [6, 6.07) is 28.6. The average molecular weight is 437 g/mol. The van der Waals surface area contributed by atoms with Crippen molar-refractivity contribution in [1.82, 2.24) is 19.6 Å². The molecule has 0 radical (unpaired) electrons. The van der Waals surface area contributed by atoms with Crippen molar-refractivity contribution < 1.29 is 0 Å². The van der Waals surface area contributed by atoms with Gasteiger partial charge in [0.15, 0.2) is 0 Å². The van der Waals surface area contributed by atoms with Gasteiger partial charge >= 0.3 is 0 Å².